The number of likely N-dealkylation sites (N-methyl/N-ethyl adjacent to an activating group) is 1. The molecule has 1 heterocycles. The van der Waals surface area contributed by atoms with Gasteiger partial charge in [-0.15, -0.1) is 5.10 Å². The van der Waals surface area contributed by atoms with Gasteiger partial charge in [-0.25, -0.2) is 0 Å². The Labute approximate surface area is 83.1 Å². The topological polar surface area (TPSA) is 41.1 Å². The number of rotatable bonds is 5. The molecule has 0 radical (unpaired) electrons. The highest BCUT2D eigenvalue weighted by molar-refractivity contribution is 7.05. The minimum Gasteiger partial charge on any atom is -0.310 e. The van der Waals surface area contributed by atoms with E-state index >= 15 is 0 Å². The second-order valence-corrected chi connectivity index (χ2v) is 4.10. The lowest BCUT2D eigenvalue weighted by Crippen LogP contribution is -2.26. The second kappa shape index (κ2) is 5.26. The Hall–Kier alpha value is -0.520. The standard InChI is InChI=1S/C8H16N4S/c1-7-8(13-11-10-7)6-9-4-5-12(2)3/h9H,4-6H2,1-3H3. The smallest absolute Gasteiger partial charge is 0.0769 e. The Kier molecular flexibility index (Phi) is 4.27. The van der Waals surface area contributed by atoms with Crippen molar-refractivity contribution in [2.75, 3.05) is 27.2 Å². The van der Waals surface area contributed by atoms with Crippen LogP contribution in [-0.2, 0) is 6.54 Å². The number of aromatic nitrogens is 2. The first kappa shape index (κ1) is 10.6. The van der Waals surface area contributed by atoms with E-state index in [4.69, 9.17) is 0 Å². The van der Waals surface area contributed by atoms with Gasteiger partial charge >= 0.3 is 0 Å². The summed E-state index contributed by atoms with van der Waals surface area (Å²) < 4.78 is 3.88. The summed E-state index contributed by atoms with van der Waals surface area (Å²) in [6, 6.07) is 0. The van der Waals surface area contributed by atoms with E-state index in [1.54, 1.807) is 0 Å². The molecule has 1 aromatic rings. The largest absolute Gasteiger partial charge is 0.310 e. The van der Waals surface area contributed by atoms with Crippen molar-refractivity contribution in [3.05, 3.63) is 10.6 Å². The maximum absolute atomic E-state index is 3.95. The van der Waals surface area contributed by atoms with E-state index in [0.29, 0.717) is 0 Å². The molecule has 0 saturated heterocycles. The molecule has 0 spiro atoms. The Balaban J connectivity index is 2.17. The first-order valence-corrected chi connectivity index (χ1v) is 5.11. The van der Waals surface area contributed by atoms with Crippen molar-refractivity contribution in [2.24, 2.45) is 0 Å². The zero-order valence-corrected chi connectivity index (χ0v) is 9.19. The van der Waals surface area contributed by atoms with Gasteiger partial charge in [0.05, 0.1) is 10.6 Å². The Morgan fingerprint density at radius 2 is 2.23 bits per heavy atom. The van der Waals surface area contributed by atoms with Crippen LogP contribution in [0.25, 0.3) is 0 Å². The minimum atomic E-state index is 0.886. The second-order valence-electron chi connectivity index (χ2n) is 3.26. The van der Waals surface area contributed by atoms with Crippen LogP contribution in [0, 0.1) is 6.92 Å². The molecular weight excluding hydrogens is 184 g/mol. The van der Waals surface area contributed by atoms with E-state index in [-0.39, 0.29) is 0 Å². The molecule has 74 valence electrons. The fourth-order valence-electron chi connectivity index (χ4n) is 0.918. The maximum Gasteiger partial charge on any atom is 0.0769 e. The van der Waals surface area contributed by atoms with Crippen molar-refractivity contribution in [3.63, 3.8) is 0 Å². The molecule has 0 atom stereocenters. The molecule has 5 heteroatoms. The van der Waals surface area contributed by atoms with Crippen LogP contribution in [0.15, 0.2) is 0 Å². The van der Waals surface area contributed by atoms with E-state index in [1.807, 2.05) is 6.92 Å². The monoisotopic (exact) mass is 200 g/mol. The quantitative estimate of drug-likeness (QED) is 0.703. The summed E-state index contributed by atoms with van der Waals surface area (Å²) in [4.78, 5) is 3.39. The molecule has 4 nitrogen and oxygen atoms in total. The fraction of sp³-hybridized carbons (Fsp3) is 0.750. The van der Waals surface area contributed by atoms with Gasteiger partial charge in [0.25, 0.3) is 0 Å². The molecule has 0 aliphatic carbocycles. The van der Waals surface area contributed by atoms with Crippen molar-refractivity contribution in [2.45, 2.75) is 13.5 Å². The molecule has 0 aliphatic rings. The van der Waals surface area contributed by atoms with Crippen LogP contribution < -0.4 is 5.32 Å². The third-order valence-corrected chi connectivity index (χ3v) is 2.59. The lowest BCUT2D eigenvalue weighted by atomic mass is 10.4. The van der Waals surface area contributed by atoms with Crippen molar-refractivity contribution in [1.29, 1.82) is 0 Å². The summed E-state index contributed by atoms with van der Waals surface area (Å²) in [5.74, 6) is 0. The van der Waals surface area contributed by atoms with Gasteiger partial charge in [0.2, 0.25) is 0 Å². The van der Waals surface area contributed by atoms with Gasteiger partial charge in [0.1, 0.15) is 0 Å². The molecule has 1 N–H and O–H groups in total. The normalized spacial score (nSPS) is 11.1. The van der Waals surface area contributed by atoms with Crippen LogP contribution >= 0.6 is 11.5 Å². The SMILES string of the molecule is Cc1nnsc1CNCCN(C)C. The number of hydrogen-bond donors (Lipinski definition) is 1. The van der Waals surface area contributed by atoms with Gasteiger partial charge in [-0.3, -0.25) is 0 Å². The van der Waals surface area contributed by atoms with E-state index in [2.05, 4.69) is 33.9 Å². The number of nitrogens with one attached hydrogen (secondary N) is 1. The summed E-state index contributed by atoms with van der Waals surface area (Å²) in [6.07, 6.45) is 0. The van der Waals surface area contributed by atoms with Gasteiger partial charge in [-0.1, -0.05) is 4.49 Å². The van der Waals surface area contributed by atoms with Crippen LogP contribution in [0.1, 0.15) is 10.6 Å². The Bertz CT molecular complexity index is 246. The molecule has 1 aromatic heterocycles. The fourth-order valence-corrected chi connectivity index (χ4v) is 1.52. The summed E-state index contributed by atoms with van der Waals surface area (Å²) >= 11 is 1.47. The van der Waals surface area contributed by atoms with Gasteiger partial charge in [0.15, 0.2) is 0 Å². The molecule has 13 heavy (non-hydrogen) atoms. The van der Waals surface area contributed by atoms with E-state index in [9.17, 15) is 0 Å². The van der Waals surface area contributed by atoms with E-state index < -0.39 is 0 Å². The zero-order chi connectivity index (χ0) is 9.68. The first-order valence-electron chi connectivity index (χ1n) is 4.33. The average molecular weight is 200 g/mol. The molecular formula is C8H16N4S. The lowest BCUT2D eigenvalue weighted by Gasteiger charge is -2.09. The lowest BCUT2D eigenvalue weighted by molar-refractivity contribution is 0.400. The Morgan fingerprint density at radius 3 is 2.77 bits per heavy atom. The molecule has 0 saturated carbocycles. The highest BCUT2D eigenvalue weighted by Gasteiger charge is 2.01. The van der Waals surface area contributed by atoms with Crippen molar-refractivity contribution >= 4 is 11.5 Å². The minimum absolute atomic E-state index is 0.886. The molecule has 1 rings (SSSR count). The summed E-state index contributed by atoms with van der Waals surface area (Å²) in [6.45, 7) is 4.94. The van der Waals surface area contributed by atoms with Crippen LogP contribution in [-0.4, -0.2) is 41.7 Å². The molecule has 0 bridgehead atoms. The third kappa shape index (κ3) is 3.80. The molecule has 0 aliphatic heterocycles. The van der Waals surface area contributed by atoms with Crippen molar-refractivity contribution in [1.82, 2.24) is 19.8 Å². The summed E-state index contributed by atoms with van der Waals surface area (Å²) in [5.41, 5.74) is 1.04. The molecule has 0 aromatic carbocycles. The van der Waals surface area contributed by atoms with Gasteiger partial charge in [-0.05, 0) is 32.6 Å². The predicted octanol–water partition coefficient (Wildman–Crippen LogP) is 0.498. The highest BCUT2D eigenvalue weighted by Crippen LogP contribution is 2.07. The van der Waals surface area contributed by atoms with E-state index in [0.717, 1.165) is 25.3 Å². The van der Waals surface area contributed by atoms with Crippen LogP contribution in [0.5, 0.6) is 0 Å². The molecule has 0 unspecified atom stereocenters. The van der Waals surface area contributed by atoms with Crippen LogP contribution in [0.2, 0.25) is 0 Å². The van der Waals surface area contributed by atoms with Gasteiger partial charge in [-0.2, -0.15) is 0 Å². The third-order valence-electron chi connectivity index (χ3n) is 1.77. The molecule has 0 fully saturated rings. The van der Waals surface area contributed by atoms with E-state index in [1.165, 1.54) is 16.4 Å². The first-order chi connectivity index (χ1) is 6.20. The van der Waals surface area contributed by atoms with Crippen molar-refractivity contribution < 1.29 is 0 Å². The zero-order valence-electron chi connectivity index (χ0n) is 8.37. The summed E-state index contributed by atoms with van der Waals surface area (Å²) in [5, 5.41) is 7.30. The number of hydrogen-bond acceptors (Lipinski definition) is 5. The molecule has 0 amide bonds. The van der Waals surface area contributed by atoms with Crippen LogP contribution in [0.4, 0.5) is 0 Å². The number of nitrogens with zero attached hydrogens (tertiary/aromatic N) is 3. The Morgan fingerprint density at radius 1 is 1.46 bits per heavy atom. The summed E-state index contributed by atoms with van der Waals surface area (Å²) in [7, 11) is 4.14. The predicted molar refractivity (Wildman–Crippen MR) is 54.9 cm³/mol. The van der Waals surface area contributed by atoms with Crippen LogP contribution in [0.3, 0.4) is 0 Å². The average Bonchev–Trinajstić information content (AvgIpc) is 2.45. The highest BCUT2D eigenvalue weighted by atomic mass is 32.1. The van der Waals surface area contributed by atoms with Gasteiger partial charge < -0.3 is 10.2 Å². The van der Waals surface area contributed by atoms with Gasteiger partial charge in [0, 0.05) is 19.6 Å². The number of aryl methyl sites for hydroxylation is 1. The van der Waals surface area contributed by atoms with Crippen molar-refractivity contribution in [3.8, 4) is 0 Å². The maximum atomic E-state index is 3.95.